The number of thiazole rings is 1. The third-order valence-corrected chi connectivity index (χ3v) is 3.70. The summed E-state index contributed by atoms with van der Waals surface area (Å²) in [7, 11) is 0. The minimum atomic E-state index is -0.160. The van der Waals surface area contributed by atoms with E-state index < -0.39 is 0 Å². The number of amides is 1. The maximum absolute atomic E-state index is 11.8. The van der Waals surface area contributed by atoms with Gasteiger partial charge in [-0.15, -0.1) is 11.3 Å². The molecule has 88 valence electrons. The summed E-state index contributed by atoms with van der Waals surface area (Å²) in [6.07, 6.45) is 1.57. The molecule has 0 atom stereocenters. The summed E-state index contributed by atoms with van der Waals surface area (Å²) < 4.78 is 0.760. The zero-order valence-corrected chi connectivity index (χ0v) is 11.4. The molecule has 0 bridgehead atoms. The number of nitrogens with zero attached hydrogens (tertiary/aromatic N) is 1. The lowest BCUT2D eigenvalue weighted by atomic mass is 10.3. The molecule has 0 saturated carbocycles. The lowest BCUT2D eigenvalue weighted by Gasteiger charge is -2.05. The highest BCUT2D eigenvalue weighted by Crippen LogP contribution is 2.24. The summed E-state index contributed by atoms with van der Waals surface area (Å²) in [5.74, 6) is -0.160. The van der Waals surface area contributed by atoms with Crippen LogP contribution in [0, 0.1) is 6.92 Å². The third-order valence-electron chi connectivity index (χ3n) is 2.10. The predicted molar refractivity (Wildman–Crippen MR) is 73.4 cm³/mol. The number of carbonyl (C=O) groups is 1. The summed E-state index contributed by atoms with van der Waals surface area (Å²) in [6.45, 7) is 1.86. The van der Waals surface area contributed by atoms with Crippen LogP contribution in [0.4, 0.5) is 11.4 Å². The molecule has 1 aromatic heterocycles. The number of aryl methyl sites for hydroxylation is 1. The number of nitrogen functional groups attached to an aromatic ring is 1. The fraction of sp³-hybridized carbons (Fsp3) is 0.0909. The number of halogens is 1. The second-order valence-electron chi connectivity index (χ2n) is 3.43. The van der Waals surface area contributed by atoms with E-state index in [1.54, 1.807) is 24.4 Å². The minimum Gasteiger partial charge on any atom is -0.398 e. The Bertz CT molecular complexity index is 568. The summed E-state index contributed by atoms with van der Waals surface area (Å²) in [5.41, 5.74) is 7.00. The van der Waals surface area contributed by atoms with Gasteiger partial charge in [0.15, 0.2) is 0 Å². The second kappa shape index (κ2) is 4.85. The SMILES string of the molecule is Cc1ncc(C(=O)Nc2ccc(N)c(Br)c2)s1. The van der Waals surface area contributed by atoms with Crippen molar-refractivity contribution in [3.05, 3.63) is 38.8 Å². The van der Waals surface area contributed by atoms with E-state index >= 15 is 0 Å². The molecule has 0 aliphatic carbocycles. The molecule has 1 aromatic carbocycles. The van der Waals surface area contributed by atoms with Crippen molar-refractivity contribution in [2.75, 3.05) is 11.1 Å². The maximum Gasteiger partial charge on any atom is 0.267 e. The number of nitrogens with one attached hydrogen (secondary N) is 1. The fourth-order valence-corrected chi connectivity index (χ4v) is 2.32. The van der Waals surface area contributed by atoms with Gasteiger partial charge in [-0.25, -0.2) is 4.98 Å². The fourth-order valence-electron chi connectivity index (χ4n) is 1.26. The van der Waals surface area contributed by atoms with Gasteiger partial charge in [-0.05, 0) is 41.1 Å². The van der Waals surface area contributed by atoms with Gasteiger partial charge in [0.1, 0.15) is 4.88 Å². The number of anilines is 2. The van der Waals surface area contributed by atoms with Crippen LogP contribution < -0.4 is 11.1 Å². The van der Waals surface area contributed by atoms with Crippen LogP contribution in [0.25, 0.3) is 0 Å². The topological polar surface area (TPSA) is 68.0 Å². The molecule has 2 aromatic rings. The van der Waals surface area contributed by atoms with Crippen LogP contribution in [-0.2, 0) is 0 Å². The van der Waals surface area contributed by atoms with Gasteiger partial charge in [0.05, 0.1) is 11.2 Å². The van der Waals surface area contributed by atoms with Crippen molar-refractivity contribution in [3.8, 4) is 0 Å². The number of nitrogens with two attached hydrogens (primary N) is 1. The maximum atomic E-state index is 11.8. The average Bonchev–Trinajstić information content (AvgIpc) is 2.70. The normalized spacial score (nSPS) is 10.2. The van der Waals surface area contributed by atoms with Gasteiger partial charge in [-0.3, -0.25) is 4.79 Å². The van der Waals surface area contributed by atoms with Crippen molar-refractivity contribution in [1.29, 1.82) is 0 Å². The molecule has 0 aliphatic rings. The molecule has 2 rings (SSSR count). The molecule has 1 amide bonds. The Kier molecular flexibility index (Phi) is 3.44. The Morgan fingerprint density at radius 2 is 2.29 bits per heavy atom. The number of benzene rings is 1. The molecule has 0 unspecified atom stereocenters. The smallest absolute Gasteiger partial charge is 0.267 e. The average molecular weight is 312 g/mol. The van der Waals surface area contributed by atoms with E-state index in [4.69, 9.17) is 5.73 Å². The number of hydrogen-bond acceptors (Lipinski definition) is 4. The molecule has 0 spiro atoms. The standard InChI is InChI=1S/C11H10BrN3OS/c1-6-14-5-10(17-6)11(16)15-7-2-3-9(13)8(12)4-7/h2-5H,13H2,1H3,(H,15,16). The van der Waals surface area contributed by atoms with Crippen molar-refractivity contribution in [3.63, 3.8) is 0 Å². The zero-order chi connectivity index (χ0) is 12.4. The van der Waals surface area contributed by atoms with Crippen LogP contribution >= 0.6 is 27.3 Å². The summed E-state index contributed by atoms with van der Waals surface area (Å²) in [4.78, 5) is 16.5. The highest BCUT2D eigenvalue weighted by molar-refractivity contribution is 9.10. The Morgan fingerprint density at radius 1 is 1.53 bits per heavy atom. The van der Waals surface area contributed by atoms with Crippen LogP contribution in [0.3, 0.4) is 0 Å². The van der Waals surface area contributed by atoms with Crippen molar-refractivity contribution >= 4 is 44.5 Å². The van der Waals surface area contributed by atoms with Gasteiger partial charge >= 0.3 is 0 Å². The first-order chi connectivity index (χ1) is 8.06. The molecule has 1 heterocycles. The molecular weight excluding hydrogens is 302 g/mol. The Hall–Kier alpha value is -1.40. The predicted octanol–water partition coefficient (Wildman–Crippen LogP) is 3.05. The highest BCUT2D eigenvalue weighted by atomic mass is 79.9. The second-order valence-corrected chi connectivity index (χ2v) is 5.52. The molecular formula is C11H10BrN3OS. The van der Waals surface area contributed by atoms with Gasteiger partial charge in [0.25, 0.3) is 5.91 Å². The molecule has 6 heteroatoms. The summed E-state index contributed by atoms with van der Waals surface area (Å²) >= 11 is 4.67. The first-order valence-corrected chi connectivity index (χ1v) is 6.46. The molecule has 0 saturated heterocycles. The van der Waals surface area contributed by atoms with Crippen molar-refractivity contribution in [1.82, 2.24) is 4.98 Å². The molecule has 3 N–H and O–H groups in total. The van der Waals surface area contributed by atoms with E-state index in [1.807, 2.05) is 6.92 Å². The number of carbonyl (C=O) groups excluding carboxylic acids is 1. The van der Waals surface area contributed by atoms with E-state index in [-0.39, 0.29) is 5.91 Å². The zero-order valence-electron chi connectivity index (χ0n) is 9.03. The highest BCUT2D eigenvalue weighted by Gasteiger charge is 2.09. The summed E-state index contributed by atoms with van der Waals surface area (Å²) in [5, 5.41) is 3.65. The monoisotopic (exact) mass is 311 g/mol. The Labute approximate surface area is 111 Å². The van der Waals surface area contributed by atoms with Crippen molar-refractivity contribution in [2.45, 2.75) is 6.92 Å². The first-order valence-electron chi connectivity index (χ1n) is 4.85. The lowest BCUT2D eigenvalue weighted by molar-refractivity contribution is 0.103. The van der Waals surface area contributed by atoms with E-state index in [0.29, 0.717) is 16.3 Å². The molecule has 0 radical (unpaired) electrons. The Balaban J connectivity index is 2.15. The first kappa shape index (κ1) is 12.1. The minimum absolute atomic E-state index is 0.160. The van der Waals surface area contributed by atoms with Gasteiger partial charge in [0.2, 0.25) is 0 Å². The van der Waals surface area contributed by atoms with E-state index in [1.165, 1.54) is 11.3 Å². The van der Waals surface area contributed by atoms with Crippen molar-refractivity contribution < 1.29 is 4.79 Å². The number of rotatable bonds is 2. The lowest BCUT2D eigenvalue weighted by Crippen LogP contribution is -2.10. The molecule has 4 nitrogen and oxygen atoms in total. The van der Waals surface area contributed by atoms with Crippen LogP contribution in [0.2, 0.25) is 0 Å². The van der Waals surface area contributed by atoms with Gasteiger partial charge in [-0.1, -0.05) is 0 Å². The number of hydrogen-bond donors (Lipinski definition) is 2. The molecule has 17 heavy (non-hydrogen) atoms. The summed E-state index contributed by atoms with van der Waals surface area (Å²) in [6, 6.07) is 5.25. The van der Waals surface area contributed by atoms with Crippen LogP contribution in [0.1, 0.15) is 14.7 Å². The van der Waals surface area contributed by atoms with Crippen LogP contribution in [0.5, 0.6) is 0 Å². The number of aromatic nitrogens is 1. The van der Waals surface area contributed by atoms with Crippen LogP contribution in [0.15, 0.2) is 28.9 Å². The largest absolute Gasteiger partial charge is 0.398 e. The quantitative estimate of drug-likeness (QED) is 0.838. The van der Waals surface area contributed by atoms with E-state index in [0.717, 1.165) is 9.48 Å². The van der Waals surface area contributed by atoms with Gasteiger partial charge in [-0.2, -0.15) is 0 Å². The molecule has 0 aliphatic heterocycles. The van der Waals surface area contributed by atoms with Crippen LogP contribution in [-0.4, -0.2) is 10.9 Å². The Morgan fingerprint density at radius 3 is 2.88 bits per heavy atom. The van der Waals surface area contributed by atoms with Gasteiger partial charge in [0, 0.05) is 15.8 Å². The van der Waals surface area contributed by atoms with Crippen molar-refractivity contribution in [2.24, 2.45) is 0 Å². The third kappa shape index (κ3) is 2.83. The van der Waals surface area contributed by atoms with E-state index in [2.05, 4.69) is 26.2 Å². The van der Waals surface area contributed by atoms with Gasteiger partial charge < -0.3 is 11.1 Å². The molecule has 0 fully saturated rings. The van der Waals surface area contributed by atoms with E-state index in [9.17, 15) is 4.79 Å².